The maximum atomic E-state index is 13.3. The number of aromatic hydroxyl groups is 1. The molecule has 2 bridgehead atoms. The van der Waals surface area contributed by atoms with Crippen LogP contribution < -0.4 is 20.1 Å². The minimum atomic E-state index is -1.25. The predicted octanol–water partition coefficient (Wildman–Crippen LogP) is -1.30. The Kier molecular flexibility index (Phi) is 13.6. The quantitative estimate of drug-likeness (QED) is 0.171. The Morgan fingerprint density at radius 1 is 0.742 bits per heavy atom. The Hall–Kier alpha value is -3.38. The van der Waals surface area contributed by atoms with Crippen LogP contribution in [0.5, 0.6) is 11.5 Å². The average Bonchev–Trinajstić information content (AvgIpc) is 3.89. The predicted molar refractivity (Wildman–Crippen MR) is 225 cm³/mol. The van der Waals surface area contributed by atoms with Crippen LogP contribution in [-0.4, -0.2) is 186 Å². The van der Waals surface area contributed by atoms with Gasteiger partial charge in [0.05, 0.1) is 34.6 Å². The van der Waals surface area contributed by atoms with E-state index in [-0.39, 0.29) is 57.3 Å². The first kappa shape index (κ1) is 45.2. The topological polar surface area (TPSA) is 191 Å². The van der Waals surface area contributed by atoms with Crippen LogP contribution in [0.15, 0.2) is 36.4 Å². The molecular weight excluding hydrogens is 891 g/mol. The van der Waals surface area contributed by atoms with E-state index in [0.29, 0.717) is 70.4 Å². The third kappa shape index (κ3) is 8.61. The fourth-order valence-electron chi connectivity index (χ4n) is 11.8. The molecule has 2 N–H and O–H groups in total. The molecule has 0 unspecified atom stereocenters. The first-order chi connectivity index (χ1) is 29.4. The zero-order chi connectivity index (χ0) is 42.5. The van der Waals surface area contributed by atoms with Gasteiger partial charge in [-0.2, -0.15) is 0 Å². The summed E-state index contributed by atoms with van der Waals surface area (Å²) in [6.45, 7) is 5.90. The second kappa shape index (κ2) is 18.6. The summed E-state index contributed by atoms with van der Waals surface area (Å²) in [4.78, 5) is 44.7. The Labute approximate surface area is 382 Å². The molecule has 1 saturated carbocycles. The minimum Gasteiger partial charge on any atom is -0.549 e. The van der Waals surface area contributed by atoms with Crippen molar-refractivity contribution < 1.29 is 44.7 Å². The number of nitrogens with zero attached hydrogens (tertiary/aromatic N) is 6. The number of aryl methyl sites for hydroxylation is 1. The van der Waals surface area contributed by atoms with Crippen molar-refractivity contribution in [2.75, 3.05) is 91.6 Å². The molecule has 3 aliphatic carbocycles. The molecule has 4 atom stereocenters. The SMILES string of the molecule is O=C([O-])CN1CCN(CCCCCCn2c3c(c4ccccc42)C[C@@]2(O)[C@@H]4Cc5ccc(O)c6c5[C@@]2(CCN4CC2CC2)[C@H]3O6)CCN(CC(=O)[O-])CCN(CC(=O)[O-])CC1.[111In+3]. The molecule has 16 heteroatoms. The van der Waals surface area contributed by atoms with Crippen molar-refractivity contribution in [3.05, 3.63) is 58.8 Å². The van der Waals surface area contributed by atoms with E-state index < -0.39 is 35.0 Å². The molecule has 15 nitrogen and oxygen atoms in total. The molecule has 330 valence electrons. The number of aliphatic carboxylic acids is 3. The second-order valence-corrected chi connectivity index (χ2v) is 18.7. The van der Waals surface area contributed by atoms with Crippen LogP contribution in [0.25, 0.3) is 10.9 Å². The maximum Gasteiger partial charge on any atom is 3.00 e. The second-order valence-electron chi connectivity index (χ2n) is 18.7. The molecule has 4 heterocycles. The first-order valence-electron chi connectivity index (χ1n) is 22.5. The summed E-state index contributed by atoms with van der Waals surface area (Å²) in [5.74, 6) is -2.23. The number of aliphatic hydroxyl groups is 1. The normalized spacial score (nSPS) is 27.0. The van der Waals surface area contributed by atoms with Crippen molar-refractivity contribution in [2.24, 2.45) is 5.92 Å². The number of benzene rings is 2. The van der Waals surface area contributed by atoms with Gasteiger partial charge in [0.2, 0.25) is 0 Å². The summed E-state index contributed by atoms with van der Waals surface area (Å²) < 4.78 is 9.42. The van der Waals surface area contributed by atoms with Gasteiger partial charge in [-0.05, 0) is 80.8 Å². The molecule has 1 aromatic heterocycles. The Bertz CT molecular complexity index is 2120. The summed E-state index contributed by atoms with van der Waals surface area (Å²) in [7, 11) is 0. The van der Waals surface area contributed by atoms with Crippen molar-refractivity contribution in [1.82, 2.24) is 29.1 Å². The number of para-hydroxylation sites is 1. The zero-order valence-electron chi connectivity index (χ0n) is 35.7. The van der Waals surface area contributed by atoms with Crippen molar-refractivity contribution in [1.29, 1.82) is 0 Å². The van der Waals surface area contributed by atoms with E-state index in [1.807, 2.05) is 0 Å². The minimum absolute atomic E-state index is 0. The molecule has 3 aromatic rings. The van der Waals surface area contributed by atoms with Crippen molar-refractivity contribution in [3.8, 4) is 11.5 Å². The number of piperidine rings is 1. The van der Waals surface area contributed by atoms with Crippen LogP contribution in [0.1, 0.15) is 73.4 Å². The number of likely N-dealkylation sites (tertiary alicyclic amines) is 1. The Morgan fingerprint density at radius 2 is 1.32 bits per heavy atom. The number of carbonyl (C=O) groups is 3. The third-order valence-electron chi connectivity index (χ3n) is 14.9. The van der Waals surface area contributed by atoms with E-state index in [1.165, 1.54) is 18.4 Å². The molecule has 2 saturated heterocycles. The molecule has 3 fully saturated rings. The number of phenols is 1. The van der Waals surface area contributed by atoms with Gasteiger partial charge in [0.15, 0.2) is 17.6 Å². The monoisotopic (exact) mass is 950 g/mol. The van der Waals surface area contributed by atoms with E-state index >= 15 is 0 Å². The standard InChI is InChI=1S/C46H62N6O9.In/c53-36-12-11-32-25-37-46(60)26-34-33-7-3-4-8-35(33)52(42(34)44-45(46,41(32)43(36)61-44)13-16-51(37)27-31-9-10-31)15-6-2-1-5-14-47-17-19-48(28-38(54)55)21-23-50(30-40(58)59)24-22-49(20-18-47)29-39(56)57;/h3-4,7-8,11-12,31,37,44,53,60H,1-2,5-6,9-10,13-30H2,(H,54,55)(H,56,57)(H,58,59);/q;+3/p-3/t37-,44-,45-,46+;/m0./s1/i;1-4. The fourth-order valence-corrected chi connectivity index (χ4v) is 11.8. The number of ether oxygens (including phenoxy) is 1. The van der Waals surface area contributed by atoms with Crippen LogP contribution >= 0.6 is 0 Å². The van der Waals surface area contributed by atoms with Crippen molar-refractivity contribution >= 4 is 54.7 Å². The smallest absolute Gasteiger partial charge is 0.549 e. The summed E-state index contributed by atoms with van der Waals surface area (Å²) >= 11 is 0. The number of carboxylic acids is 3. The molecule has 0 amide bonds. The van der Waals surface area contributed by atoms with Gasteiger partial charge in [-0.25, -0.2) is 0 Å². The Balaban J connectivity index is 0.00000529. The largest absolute Gasteiger partial charge is 3.00 e. The fraction of sp³-hybridized carbons (Fsp3) is 0.630. The molecule has 9 rings (SSSR count). The zero-order valence-corrected chi connectivity index (χ0v) is 39.0. The number of unbranched alkanes of at least 4 members (excludes halogenated alkanes) is 3. The summed E-state index contributed by atoms with van der Waals surface area (Å²) in [5, 5.41) is 60.4. The van der Waals surface area contributed by atoms with Crippen LogP contribution in [-0.2, 0) is 39.2 Å². The molecule has 0 radical (unpaired) electrons. The summed E-state index contributed by atoms with van der Waals surface area (Å²) in [6.07, 6.45) is 7.94. The van der Waals surface area contributed by atoms with Gasteiger partial charge >= 0.3 is 25.8 Å². The molecular formula is C46H59InN6O9. The number of phenolic OH excluding ortho intramolecular Hbond substituents is 1. The van der Waals surface area contributed by atoms with E-state index in [2.05, 4.69) is 44.7 Å². The van der Waals surface area contributed by atoms with Gasteiger partial charge in [0.25, 0.3) is 0 Å². The Morgan fingerprint density at radius 3 is 1.92 bits per heavy atom. The number of fused-ring (bicyclic) bond motifs is 4. The van der Waals surface area contributed by atoms with E-state index in [1.54, 1.807) is 20.8 Å². The van der Waals surface area contributed by atoms with Crippen LogP contribution in [0, 0.1) is 5.92 Å². The molecule has 62 heavy (non-hydrogen) atoms. The van der Waals surface area contributed by atoms with Crippen LogP contribution in [0.3, 0.4) is 0 Å². The van der Waals surface area contributed by atoms with Gasteiger partial charge < -0.3 is 54.1 Å². The van der Waals surface area contributed by atoms with E-state index in [9.17, 15) is 39.9 Å². The van der Waals surface area contributed by atoms with E-state index in [0.717, 1.165) is 92.4 Å². The summed E-state index contributed by atoms with van der Waals surface area (Å²) in [6, 6.07) is 12.3. The number of rotatable bonds is 15. The van der Waals surface area contributed by atoms with Gasteiger partial charge in [0.1, 0.15) is 0 Å². The number of hydrogen-bond donors (Lipinski definition) is 2. The molecule has 3 aliphatic heterocycles. The molecule has 6 aliphatic rings. The van der Waals surface area contributed by atoms with Gasteiger partial charge in [-0.1, -0.05) is 37.1 Å². The molecule has 2 aromatic carbocycles. The van der Waals surface area contributed by atoms with Crippen molar-refractivity contribution in [3.63, 3.8) is 0 Å². The van der Waals surface area contributed by atoms with Crippen molar-refractivity contribution in [2.45, 2.75) is 87.5 Å². The van der Waals surface area contributed by atoms with Crippen LogP contribution in [0.4, 0.5) is 0 Å². The van der Waals surface area contributed by atoms with Gasteiger partial charge in [-0.3, -0.25) is 19.6 Å². The third-order valence-corrected chi connectivity index (χ3v) is 14.9. The maximum absolute atomic E-state index is 13.3. The first-order valence-corrected chi connectivity index (χ1v) is 22.5. The summed E-state index contributed by atoms with van der Waals surface area (Å²) in [5.41, 5.74) is 3.96. The number of hydrogen-bond acceptors (Lipinski definition) is 14. The van der Waals surface area contributed by atoms with E-state index in [4.69, 9.17) is 4.74 Å². The van der Waals surface area contributed by atoms with Gasteiger partial charge in [0, 0.05) is 114 Å². The molecule has 1 spiro atoms. The number of aromatic nitrogens is 1. The number of carbonyl (C=O) groups excluding carboxylic acids is 3. The number of carboxylic acid groups (broad SMARTS) is 3. The van der Waals surface area contributed by atoms with Gasteiger partial charge in [-0.15, -0.1) is 0 Å². The average molecular weight is 951 g/mol. The van der Waals surface area contributed by atoms with Crippen LogP contribution in [0.2, 0.25) is 0 Å².